The molecule has 0 unspecified atom stereocenters. The fourth-order valence-electron chi connectivity index (χ4n) is 4.90. The van der Waals surface area contributed by atoms with Crippen molar-refractivity contribution in [2.75, 3.05) is 31.1 Å². The summed E-state index contributed by atoms with van der Waals surface area (Å²) in [5.74, 6) is 1.64. The van der Waals surface area contributed by atoms with E-state index < -0.39 is 0 Å². The number of benzene rings is 3. The second kappa shape index (κ2) is 10.6. The maximum atomic E-state index is 13.2. The van der Waals surface area contributed by atoms with Gasteiger partial charge in [0.1, 0.15) is 11.6 Å². The first-order chi connectivity index (χ1) is 18.7. The van der Waals surface area contributed by atoms with Crippen LogP contribution in [-0.4, -0.2) is 56.7 Å². The molecule has 0 N–H and O–H groups in total. The van der Waals surface area contributed by atoms with E-state index >= 15 is 0 Å². The highest BCUT2D eigenvalue weighted by Gasteiger charge is 2.24. The maximum Gasteiger partial charge on any atom is 0.253 e. The number of halogens is 1. The van der Waals surface area contributed by atoms with Gasteiger partial charge in [-0.2, -0.15) is 5.10 Å². The van der Waals surface area contributed by atoms with Crippen molar-refractivity contribution in [1.82, 2.24) is 24.6 Å². The number of carbonyl (C=O) groups is 1. The van der Waals surface area contributed by atoms with Gasteiger partial charge in [-0.3, -0.25) is 4.79 Å². The molecule has 7 nitrogen and oxygen atoms in total. The zero-order valence-corrected chi connectivity index (χ0v) is 21.6. The van der Waals surface area contributed by atoms with Crippen LogP contribution in [0.4, 0.5) is 5.82 Å². The van der Waals surface area contributed by atoms with Crippen molar-refractivity contribution < 1.29 is 4.79 Å². The summed E-state index contributed by atoms with van der Waals surface area (Å²) in [5.41, 5.74) is 3.54. The molecule has 1 aliphatic heterocycles. The van der Waals surface area contributed by atoms with Crippen molar-refractivity contribution in [3.8, 4) is 5.69 Å². The number of fused-ring (bicyclic) bond motifs is 1. The predicted molar refractivity (Wildman–Crippen MR) is 150 cm³/mol. The topological polar surface area (TPSA) is 67.2 Å². The summed E-state index contributed by atoms with van der Waals surface area (Å²) in [6.45, 7) is 2.75. The van der Waals surface area contributed by atoms with Crippen LogP contribution in [0.1, 0.15) is 28.2 Å². The summed E-state index contributed by atoms with van der Waals surface area (Å²) in [6.07, 6.45) is 3.32. The Morgan fingerprint density at radius 1 is 0.816 bits per heavy atom. The molecule has 1 saturated heterocycles. The van der Waals surface area contributed by atoms with Gasteiger partial charge in [-0.1, -0.05) is 60.1 Å². The monoisotopic (exact) mass is 522 g/mol. The zero-order valence-electron chi connectivity index (χ0n) is 20.9. The average molecular weight is 523 g/mol. The molecule has 1 fully saturated rings. The molecule has 0 aliphatic carbocycles. The number of hydrogen-bond donors (Lipinski definition) is 0. The van der Waals surface area contributed by atoms with Gasteiger partial charge < -0.3 is 9.80 Å². The third kappa shape index (κ3) is 4.97. The molecular formula is C30H27ClN6O. The van der Waals surface area contributed by atoms with Crippen LogP contribution in [0.3, 0.4) is 0 Å². The number of para-hydroxylation sites is 1. The van der Waals surface area contributed by atoms with Gasteiger partial charge in [0.25, 0.3) is 5.91 Å². The van der Waals surface area contributed by atoms with Crippen LogP contribution >= 0.6 is 11.6 Å². The summed E-state index contributed by atoms with van der Waals surface area (Å²) >= 11 is 6.02. The van der Waals surface area contributed by atoms with Gasteiger partial charge in [0.15, 0.2) is 5.65 Å². The smallest absolute Gasteiger partial charge is 0.253 e. The van der Waals surface area contributed by atoms with E-state index in [1.807, 2.05) is 64.3 Å². The number of nitrogens with zero attached hydrogens (tertiary/aromatic N) is 6. The van der Waals surface area contributed by atoms with Crippen LogP contribution in [0, 0.1) is 0 Å². The number of aromatic nitrogens is 4. The lowest BCUT2D eigenvalue weighted by molar-refractivity contribution is 0.0767. The molecule has 1 aliphatic rings. The second-order valence-electron chi connectivity index (χ2n) is 9.39. The Bertz CT molecular complexity index is 1550. The maximum absolute atomic E-state index is 13.2. The van der Waals surface area contributed by atoms with Gasteiger partial charge in [0, 0.05) is 43.2 Å². The van der Waals surface area contributed by atoms with E-state index in [-0.39, 0.29) is 5.91 Å². The van der Waals surface area contributed by atoms with Crippen molar-refractivity contribution >= 4 is 34.4 Å². The molecule has 3 heterocycles. The fourth-order valence-corrected chi connectivity index (χ4v) is 5.03. The van der Waals surface area contributed by atoms with E-state index in [1.54, 1.807) is 24.3 Å². The molecule has 0 saturated carbocycles. The van der Waals surface area contributed by atoms with Gasteiger partial charge >= 0.3 is 0 Å². The van der Waals surface area contributed by atoms with Crippen molar-refractivity contribution in [2.45, 2.75) is 12.8 Å². The standard InChI is InChI=1S/C30H27ClN6O/c31-24-14-12-23(13-15-24)30(38)36-17-7-16-35(18-19-36)28-26-21-32-37(25-10-5-2-6-11-25)29(26)34-27(33-28)20-22-8-3-1-4-9-22/h1-6,8-15,21H,7,16-20H2. The second-order valence-corrected chi connectivity index (χ2v) is 9.83. The summed E-state index contributed by atoms with van der Waals surface area (Å²) < 4.78 is 1.88. The summed E-state index contributed by atoms with van der Waals surface area (Å²) in [4.78, 5) is 27.4. The van der Waals surface area contributed by atoms with Crippen LogP contribution in [0.15, 0.2) is 91.1 Å². The highest BCUT2D eigenvalue weighted by molar-refractivity contribution is 6.30. The minimum atomic E-state index is 0.0259. The fraction of sp³-hybridized carbons (Fsp3) is 0.200. The molecule has 2 aromatic heterocycles. The van der Waals surface area contributed by atoms with Crippen molar-refractivity contribution in [2.24, 2.45) is 0 Å². The van der Waals surface area contributed by atoms with Crippen LogP contribution in [0.25, 0.3) is 16.7 Å². The first-order valence-electron chi connectivity index (χ1n) is 12.8. The highest BCUT2D eigenvalue weighted by atomic mass is 35.5. The highest BCUT2D eigenvalue weighted by Crippen LogP contribution is 2.28. The average Bonchev–Trinajstić information content (AvgIpc) is 3.22. The molecule has 6 rings (SSSR count). The molecule has 8 heteroatoms. The molecule has 1 amide bonds. The zero-order chi connectivity index (χ0) is 25.9. The molecular weight excluding hydrogens is 496 g/mol. The van der Waals surface area contributed by atoms with Crippen molar-refractivity contribution in [3.63, 3.8) is 0 Å². The van der Waals surface area contributed by atoms with Crippen LogP contribution in [-0.2, 0) is 6.42 Å². The summed E-state index contributed by atoms with van der Waals surface area (Å²) in [5, 5.41) is 6.22. The minimum Gasteiger partial charge on any atom is -0.354 e. The number of hydrogen-bond acceptors (Lipinski definition) is 5. The largest absolute Gasteiger partial charge is 0.354 e. The first-order valence-corrected chi connectivity index (χ1v) is 13.2. The van der Waals surface area contributed by atoms with E-state index in [1.165, 1.54) is 0 Å². The number of anilines is 1. The third-order valence-electron chi connectivity index (χ3n) is 6.83. The first kappa shape index (κ1) is 24.1. The summed E-state index contributed by atoms with van der Waals surface area (Å²) in [7, 11) is 0. The van der Waals surface area contributed by atoms with Crippen LogP contribution in [0.2, 0.25) is 5.02 Å². The lowest BCUT2D eigenvalue weighted by Crippen LogP contribution is -2.35. The third-order valence-corrected chi connectivity index (χ3v) is 7.09. The Balaban J connectivity index is 1.34. The van der Waals surface area contributed by atoms with E-state index in [9.17, 15) is 4.79 Å². The molecule has 5 aromatic rings. The molecule has 0 atom stereocenters. The molecule has 190 valence electrons. The number of carbonyl (C=O) groups excluding carboxylic acids is 1. The molecule has 38 heavy (non-hydrogen) atoms. The lowest BCUT2D eigenvalue weighted by Gasteiger charge is -2.24. The van der Waals surface area contributed by atoms with Gasteiger partial charge in [-0.25, -0.2) is 14.6 Å². The Kier molecular flexibility index (Phi) is 6.75. The lowest BCUT2D eigenvalue weighted by atomic mass is 10.1. The van der Waals surface area contributed by atoms with Crippen LogP contribution < -0.4 is 4.90 Å². The number of rotatable bonds is 5. The molecule has 0 radical (unpaired) electrons. The van der Waals surface area contributed by atoms with Crippen molar-refractivity contribution in [3.05, 3.63) is 113 Å². The molecule has 3 aromatic carbocycles. The quantitative estimate of drug-likeness (QED) is 0.308. The van der Waals surface area contributed by atoms with E-state index in [0.29, 0.717) is 36.6 Å². The van der Waals surface area contributed by atoms with Gasteiger partial charge in [-0.15, -0.1) is 0 Å². The SMILES string of the molecule is O=C(c1ccc(Cl)cc1)N1CCCN(c2nc(Cc3ccccc3)nc3c2cnn3-c2ccccc2)CC1. The predicted octanol–water partition coefficient (Wildman–Crippen LogP) is 5.41. The Morgan fingerprint density at radius 3 is 2.32 bits per heavy atom. The molecule has 0 spiro atoms. The Hall–Kier alpha value is -4.23. The van der Waals surface area contributed by atoms with Gasteiger partial charge in [-0.05, 0) is 48.4 Å². The van der Waals surface area contributed by atoms with Gasteiger partial charge in [0.05, 0.1) is 17.3 Å². The van der Waals surface area contributed by atoms with E-state index in [0.717, 1.165) is 46.9 Å². The van der Waals surface area contributed by atoms with Gasteiger partial charge in [0.2, 0.25) is 0 Å². The van der Waals surface area contributed by atoms with E-state index in [2.05, 4.69) is 17.0 Å². The number of amides is 1. The summed E-state index contributed by atoms with van der Waals surface area (Å²) in [6, 6.07) is 27.4. The van der Waals surface area contributed by atoms with Crippen LogP contribution in [0.5, 0.6) is 0 Å². The van der Waals surface area contributed by atoms with E-state index in [4.69, 9.17) is 26.7 Å². The van der Waals surface area contributed by atoms with Crippen molar-refractivity contribution in [1.29, 1.82) is 0 Å². The molecule has 0 bridgehead atoms. The normalized spacial score (nSPS) is 14.0. The Morgan fingerprint density at radius 2 is 1.55 bits per heavy atom. The Labute approximate surface area is 226 Å². The minimum absolute atomic E-state index is 0.0259.